The van der Waals surface area contributed by atoms with Gasteiger partial charge in [-0.3, -0.25) is 9.59 Å². The van der Waals surface area contributed by atoms with E-state index in [0.29, 0.717) is 29.9 Å². The number of nitrogens with one attached hydrogen (secondary N) is 1. The van der Waals surface area contributed by atoms with E-state index in [1.807, 2.05) is 23.1 Å². The minimum atomic E-state index is -0.257. The van der Waals surface area contributed by atoms with Gasteiger partial charge in [0.2, 0.25) is 11.6 Å². The first kappa shape index (κ1) is 18.7. The second kappa shape index (κ2) is 8.13. The highest BCUT2D eigenvalue weighted by atomic mass is 35.5. The van der Waals surface area contributed by atoms with Gasteiger partial charge in [-0.15, -0.1) is 0 Å². The number of piperazine rings is 1. The molecule has 0 atom stereocenters. The summed E-state index contributed by atoms with van der Waals surface area (Å²) in [6.07, 6.45) is 4.33. The first-order chi connectivity index (χ1) is 13.6. The van der Waals surface area contributed by atoms with E-state index in [1.165, 1.54) is 10.5 Å². The fourth-order valence-electron chi connectivity index (χ4n) is 3.79. The Bertz CT molecular complexity index is 958. The summed E-state index contributed by atoms with van der Waals surface area (Å²) in [5, 5.41) is 0.0520. The van der Waals surface area contributed by atoms with Crippen molar-refractivity contribution in [1.29, 1.82) is 0 Å². The maximum absolute atomic E-state index is 12.9. The molecule has 142 valence electrons. The molecule has 5 heteroatoms. The lowest BCUT2D eigenvalue weighted by Crippen LogP contribution is -3.14. The van der Waals surface area contributed by atoms with Crippen molar-refractivity contribution < 1.29 is 14.5 Å². The molecule has 0 radical (unpaired) electrons. The predicted octanol–water partition coefficient (Wildman–Crippen LogP) is 2.43. The molecule has 0 saturated carbocycles. The summed E-state index contributed by atoms with van der Waals surface area (Å²) >= 11 is 6.33. The van der Waals surface area contributed by atoms with Gasteiger partial charge in [-0.1, -0.05) is 72.3 Å². The van der Waals surface area contributed by atoms with E-state index >= 15 is 0 Å². The lowest BCUT2D eigenvalue weighted by atomic mass is 9.91. The summed E-state index contributed by atoms with van der Waals surface area (Å²) in [6.45, 7) is 4.15. The number of rotatable bonds is 4. The SMILES string of the molecule is O=C1C(Cl)=C(N2CC[NH+](C/C=C/c3ccccc3)CC2)C(=O)c2ccccc21. The van der Waals surface area contributed by atoms with Gasteiger partial charge in [-0.2, -0.15) is 0 Å². The van der Waals surface area contributed by atoms with Gasteiger partial charge in [0.1, 0.15) is 10.7 Å². The number of halogens is 1. The van der Waals surface area contributed by atoms with Crippen molar-refractivity contribution in [2.45, 2.75) is 0 Å². The molecule has 1 fully saturated rings. The van der Waals surface area contributed by atoms with Crippen LogP contribution >= 0.6 is 11.6 Å². The van der Waals surface area contributed by atoms with Gasteiger partial charge in [-0.05, 0) is 11.6 Å². The fraction of sp³-hybridized carbons (Fsp3) is 0.217. The van der Waals surface area contributed by atoms with E-state index in [9.17, 15) is 9.59 Å². The zero-order chi connectivity index (χ0) is 19.5. The Morgan fingerprint density at radius 2 is 1.50 bits per heavy atom. The second-order valence-corrected chi connectivity index (χ2v) is 7.50. The van der Waals surface area contributed by atoms with Crippen LogP contribution in [-0.4, -0.2) is 49.2 Å². The van der Waals surface area contributed by atoms with E-state index in [4.69, 9.17) is 11.6 Å². The number of allylic oxidation sites excluding steroid dienone is 2. The van der Waals surface area contributed by atoms with Gasteiger partial charge in [-0.25, -0.2) is 0 Å². The summed E-state index contributed by atoms with van der Waals surface area (Å²) in [7, 11) is 0. The molecular formula is C23H22ClN2O2+. The third-order valence-electron chi connectivity index (χ3n) is 5.34. The number of hydrogen-bond donors (Lipinski definition) is 1. The van der Waals surface area contributed by atoms with Crippen LogP contribution in [0, 0.1) is 0 Å². The summed E-state index contributed by atoms with van der Waals surface area (Å²) in [6, 6.07) is 17.1. The number of Topliss-reactive ketones (excluding diaryl/α,β-unsaturated/α-hetero) is 2. The Hall–Kier alpha value is -2.69. The summed E-state index contributed by atoms with van der Waals surface area (Å²) in [4.78, 5) is 28.9. The molecule has 0 bridgehead atoms. The Kier molecular flexibility index (Phi) is 5.42. The molecule has 1 saturated heterocycles. The number of carbonyl (C=O) groups excluding carboxylic acids is 2. The molecule has 2 aromatic rings. The maximum atomic E-state index is 12.9. The summed E-state index contributed by atoms with van der Waals surface area (Å²) in [5.74, 6) is -0.403. The molecule has 2 aliphatic rings. The van der Waals surface area contributed by atoms with Crippen LogP contribution in [0.25, 0.3) is 6.08 Å². The topological polar surface area (TPSA) is 41.8 Å². The highest BCUT2D eigenvalue weighted by Gasteiger charge is 2.35. The van der Waals surface area contributed by atoms with Gasteiger partial charge in [0.15, 0.2) is 0 Å². The van der Waals surface area contributed by atoms with E-state index in [1.54, 1.807) is 24.3 Å². The largest absolute Gasteiger partial charge is 0.356 e. The lowest BCUT2D eigenvalue weighted by Gasteiger charge is -2.35. The first-order valence-corrected chi connectivity index (χ1v) is 9.91. The van der Waals surface area contributed by atoms with Crippen molar-refractivity contribution in [3.63, 3.8) is 0 Å². The van der Waals surface area contributed by atoms with Crippen LogP contribution in [0.4, 0.5) is 0 Å². The Balaban J connectivity index is 1.41. The van der Waals surface area contributed by atoms with Gasteiger partial charge in [0.05, 0.1) is 32.7 Å². The van der Waals surface area contributed by atoms with Crippen molar-refractivity contribution in [2.24, 2.45) is 0 Å². The zero-order valence-electron chi connectivity index (χ0n) is 15.5. The Morgan fingerprint density at radius 1 is 0.893 bits per heavy atom. The second-order valence-electron chi connectivity index (χ2n) is 7.12. The molecule has 28 heavy (non-hydrogen) atoms. The van der Waals surface area contributed by atoms with E-state index in [2.05, 4.69) is 24.3 Å². The predicted molar refractivity (Wildman–Crippen MR) is 111 cm³/mol. The molecule has 0 spiro atoms. The number of fused-ring (bicyclic) bond motifs is 1. The molecule has 1 aliphatic heterocycles. The highest BCUT2D eigenvalue weighted by molar-refractivity contribution is 6.49. The normalized spacial score (nSPS) is 18.1. The number of carbonyl (C=O) groups is 2. The van der Waals surface area contributed by atoms with Crippen LogP contribution in [0.15, 0.2) is 71.4 Å². The van der Waals surface area contributed by atoms with Crippen molar-refractivity contribution >= 4 is 29.2 Å². The lowest BCUT2D eigenvalue weighted by molar-refractivity contribution is -0.898. The molecule has 4 rings (SSSR count). The molecule has 0 aromatic heterocycles. The summed E-state index contributed by atoms with van der Waals surface area (Å²) < 4.78 is 0. The molecular weight excluding hydrogens is 372 g/mol. The van der Waals surface area contributed by atoms with Crippen molar-refractivity contribution in [1.82, 2.24) is 4.90 Å². The molecule has 1 aliphatic carbocycles. The van der Waals surface area contributed by atoms with Crippen LogP contribution < -0.4 is 4.90 Å². The third-order valence-corrected chi connectivity index (χ3v) is 5.69. The van der Waals surface area contributed by atoms with Crippen LogP contribution in [0.2, 0.25) is 0 Å². The quantitative estimate of drug-likeness (QED) is 0.867. The number of ketones is 2. The monoisotopic (exact) mass is 393 g/mol. The number of quaternary nitrogens is 1. The van der Waals surface area contributed by atoms with E-state index < -0.39 is 0 Å². The van der Waals surface area contributed by atoms with Gasteiger partial charge >= 0.3 is 0 Å². The Morgan fingerprint density at radius 3 is 2.18 bits per heavy atom. The van der Waals surface area contributed by atoms with Gasteiger partial charge in [0, 0.05) is 11.1 Å². The van der Waals surface area contributed by atoms with Crippen molar-refractivity contribution in [2.75, 3.05) is 32.7 Å². The highest BCUT2D eigenvalue weighted by Crippen LogP contribution is 2.30. The Labute approximate surface area is 169 Å². The molecule has 4 nitrogen and oxygen atoms in total. The van der Waals surface area contributed by atoms with Gasteiger partial charge < -0.3 is 9.80 Å². The summed E-state index contributed by atoms with van der Waals surface area (Å²) in [5.41, 5.74) is 2.41. The minimum Gasteiger partial charge on any atom is -0.356 e. The first-order valence-electron chi connectivity index (χ1n) is 9.53. The average Bonchev–Trinajstić information content (AvgIpc) is 2.74. The zero-order valence-corrected chi connectivity index (χ0v) is 16.3. The van der Waals surface area contributed by atoms with Gasteiger partial charge in [0.25, 0.3) is 0 Å². The van der Waals surface area contributed by atoms with E-state index in [0.717, 1.165) is 19.6 Å². The van der Waals surface area contributed by atoms with Crippen LogP contribution in [-0.2, 0) is 0 Å². The van der Waals surface area contributed by atoms with Crippen LogP contribution in [0.1, 0.15) is 26.3 Å². The smallest absolute Gasteiger partial charge is 0.211 e. The molecule has 0 amide bonds. The van der Waals surface area contributed by atoms with Crippen LogP contribution in [0.5, 0.6) is 0 Å². The standard InChI is InChI=1S/C23H21ClN2O2/c24-20-21(23(28)19-11-5-4-10-18(19)22(20)27)26-15-13-25(14-16-26)12-6-9-17-7-2-1-3-8-17/h1-11H,12-16H2/p+1/b9-6+. The molecule has 0 unspecified atom stereocenters. The van der Waals surface area contributed by atoms with Crippen molar-refractivity contribution in [3.8, 4) is 0 Å². The van der Waals surface area contributed by atoms with Crippen molar-refractivity contribution in [3.05, 3.63) is 88.1 Å². The van der Waals surface area contributed by atoms with Crippen LogP contribution in [0.3, 0.4) is 0 Å². The molecule has 2 aromatic carbocycles. The number of nitrogens with zero attached hydrogens (tertiary/aromatic N) is 1. The number of hydrogen-bond acceptors (Lipinski definition) is 3. The molecule has 1 N–H and O–H groups in total. The minimum absolute atomic E-state index is 0.0520. The molecule has 1 heterocycles. The fourth-order valence-corrected chi connectivity index (χ4v) is 4.10. The maximum Gasteiger partial charge on any atom is 0.211 e. The number of benzene rings is 2. The average molecular weight is 394 g/mol. The van der Waals surface area contributed by atoms with E-state index in [-0.39, 0.29) is 16.6 Å². The third kappa shape index (κ3) is 3.66.